The van der Waals surface area contributed by atoms with Crippen molar-refractivity contribution < 1.29 is 37.8 Å². The van der Waals surface area contributed by atoms with Crippen LogP contribution in [0.2, 0.25) is 0 Å². The molecule has 7 aromatic rings. The van der Waals surface area contributed by atoms with Crippen LogP contribution in [0.4, 0.5) is 0 Å². The standard InChI is InChI=1S/C36H24O9S3/c37-46(38,33-22-7-14-25-11-1-4-17-28(25)33)43-31-20-10-21-32(44-47(39,40)34-23-8-15-26-12-2-5-18-29(26)34)36(31)45-48(41,42)35-24-9-16-27-13-3-6-19-30(27)35/h1-24H. The summed E-state index contributed by atoms with van der Waals surface area (Å²) >= 11 is 0. The minimum atomic E-state index is -4.74. The second-order valence-corrected chi connectivity index (χ2v) is 15.2. The van der Waals surface area contributed by atoms with Crippen LogP contribution in [-0.4, -0.2) is 25.3 Å². The summed E-state index contributed by atoms with van der Waals surface area (Å²) in [4.78, 5) is -0.633. The van der Waals surface area contributed by atoms with Gasteiger partial charge >= 0.3 is 30.4 Å². The molecule has 0 aromatic heterocycles. The number of hydrogen-bond acceptors (Lipinski definition) is 9. The second-order valence-electron chi connectivity index (χ2n) is 10.6. The maximum Gasteiger partial charge on any atom is 0.340 e. The van der Waals surface area contributed by atoms with Gasteiger partial charge in [-0.25, -0.2) is 0 Å². The van der Waals surface area contributed by atoms with Crippen LogP contribution in [0.25, 0.3) is 32.3 Å². The zero-order valence-corrected chi connectivity index (χ0v) is 27.2. The van der Waals surface area contributed by atoms with E-state index in [0.29, 0.717) is 32.3 Å². The van der Waals surface area contributed by atoms with Crippen LogP contribution < -0.4 is 12.5 Å². The third-order valence-electron chi connectivity index (χ3n) is 7.59. The molecule has 0 heterocycles. The van der Waals surface area contributed by atoms with E-state index >= 15 is 0 Å². The van der Waals surface area contributed by atoms with E-state index in [1.165, 1.54) is 42.5 Å². The van der Waals surface area contributed by atoms with E-state index in [4.69, 9.17) is 12.5 Å². The van der Waals surface area contributed by atoms with Crippen molar-refractivity contribution in [1.82, 2.24) is 0 Å². The van der Waals surface area contributed by atoms with Crippen LogP contribution in [0.3, 0.4) is 0 Å². The van der Waals surface area contributed by atoms with Crippen LogP contribution in [0.1, 0.15) is 0 Å². The fourth-order valence-electron chi connectivity index (χ4n) is 5.43. The van der Waals surface area contributed by atoms with Crippen LogP contribution in [0, 0.1) is 0 Å². The Morgan fingerprint density at radius 2 is 0.604 bits per heavy atom. The van der Waals surface area contributed by atoms with Gasteiger partial charge in [-0.05, 0) is 46.5 Å². The highest BCUT2D eigenvalue weighted by Crippen LogP contribution is 2.43. The molecular formula is C36H24O9S3. The monoisotopic (exact) mass is 696 g/mol. The van der Waals surface area contributed by atoms with Crippen LogP contribution in [-0.2, 0) is 30.4 Å². The Balaban J connectivity index is 1.38. The van der Waals surface area contributed by atoms with E-state index in [9.17, 15) is 25.3 Å². The summed E-state index contributed by atoms with van der Waals surface area (Å²) in [6.45, 7) is 0. The molecule has 240 valence electrons. The third kappa shape index (κ3) is 5.81. The van der Waals surface area contributed by atoms with Gasteiger partial charge in [0, 0.05) is 16.2 Å². The van der Waals surface area contributed by atoms with Crippen molar-refractivity contribution in [3.8, 4) is 17.2 Å². The van der Waals surface area contributed by atoms with Gasteiger partial charge < -0.3 is 12.5 Å². The predicted octanol–water partition coefficient (Wildman–Crippen LogP) is 7.45. The minimum Gasteiger partial charge on any atom is -0.375 e. The lowest BCUT2D eigenvalue weighted by Crippen LogP contribution is -2.16. The van der Waals surface area contributed by atoms with Gasteiger partial charge in [-0.2, -0.15) is 25.3 Å². The first-order chi connectivity index (χ1) is 23.0. The molecule has 0 saturated carbocycles. The van der Waals surface area contributed by atoms with Crippen LogP contribution in [0.15, 0.2) is 160 Å². The summed E-state index contributed by atoms with van der Waals surface area (Å²) < 4.78 is 99.5. The van der Waals surface area contributed by atoms with Crippen molar-refractivity contribution in [2.45, 2.75) is 14.7 Å². The maximum absolute atomic E-state index is 13.9. The number of rotatable bonds is 9. The van der Waals surface area contributed by atoms with Crippen LogP contribution >= 0.6 is 0 Å². The SMILES string of the molecule is O=S(=O)(Oc1cccc(OS(=O)(=O)c2cccc3ccccc23)c1OS(=O)(=O)c1cccc2ccccc12)c1cccc2ccccc12. The van der Waals surface area contributed by atoms with Gasteiger partial charge in [0.1, 0.15) is 14.7 Å². The van der Waals surface area contributed by atoms with Gasteiger partial charge in [-0.3, -0.25) is 0 Å². The molecule has 0 unspecified atom stereocenters. The second kappa shape index (κ2) is 12.0. The molecule has 0 amide bonds. The molecule has 0 radical (unpaired) electrons. The van der Waals surface area contributed by atoms with Crippen molar-refractivity contribution in [3.63, 3.8) is 0 Å². The summed E-state index contributed by atoms with van der Waals surface area (Å²) in [6.07, 6.45) is 0. The maximum atomic E-state index is 13.9. The largest absolute Gasteiger partial charge is 0.375 e. The van der Waals surface area contributed by atoms with Gasteiger partial charge in [0.05, 0.1) is 0 Å². The first kappa shape index (κ1) is 31.2. The molecule has 0 aliphatic carbocycles. The van der Waals surface area contributed by atoms with E-state index in [-0.39, 0.29) is 14.7 Å². The van der Waals surface area contributed by atoms with E-state index in [2.05, 4.69) is 0 Å². The molecule has 0 aliphatic heterocycles. The molecule has 0 aliphatic rings. The lowest BCUT2D eigenvalue weighted by molar-refractivity contribution is 0.428. The smallest absolute Gasteiger partial charge is 0.340 e. The fourth-order valence-corrected chi connectivity index (χ4v) is 8.92. The van der Waals surface area contributed by atoms with Gasteiger partial charge in [0.25, 0.3) is 0 Å². The van der Waals surface area contributed by atoms with E-state index in [1.54, 1.807) is 91.0 Å². The van der Waals surface area contributed by atoms with Gasteiger partial charge in [-0.1, -0.05) is 115 Å². The molecule has 0 fully saturated rings. The van der Waals surface area contributed by atoms with Crippen LogP contribution in [0.5, 0.6) is 17.2 Å². The zero-order valence-electron chi connectivity index (χ0n) is 24.8. The van der Waals surface area contributed by atoms with E-state index in [1.807, 2.05) is 0 Å². The summed E-state index contributed by atoms with van der Waals surface area (Å²) in [5, 5.41) is 2.88. The normalized spacial score (nSPS) is 12.2. The Bertz CT molecular complexity index is 2560. The number of fused-ring (bicyclic) bond motifs is 3. The summed E-state index contributed by atoms with van der Waals surface area (Å²) in [5.74, 6) is -2.01. The Morgan fingerprint density at radius 3 is 0.979 bits per heavy atom. The molecular weight excluding hydrogens is 673 g/mol. The molecule has 0 bridgehead atoms. The Hall–Kier alpha value is -5.43. The molecule has 9 nitrogen and oxygen atoms in total. The minimum absolute atomic E-state index is 0.196. The topological polar surface area (TPSA) is 130 Å². The first-order valence-electron chi connectivity index (χ1n) is 14.4. The first-order valence-corrected chi connectivity index (χ1v) is 18.7. The third-order valence-corrected chi connectivity index (χ3v) is 11.5. The average Bonchev–Trinajstić information content (AvgIpc) is 3.08. The number of para-hydroxylation sites is 1. The zero-order chi connectivity index (χ0) is 33.5. The lowest BCUT2D eigenvalue weighted by atomic mass is 10.1. The Kier molecular flexibility index (Phi) is 7.78. The van der Waals surface area contributed by atoms with Gasteiger partial charge in [0.15, 0.2) is 11.5 Å². The predicted molar refractivity (Wildman–Crippen MR) is 182 cm³/mol. The highest BCUT2D eigenvalue weighted by Gasteiger charge is 2.31. The molecule has 7 aromatic carbocycles. The fraction of sp³-hybridized carbons (Fsp3) is 0. The molecule has 7 rings (SSSR count). The van der Waals surface area contributed by atoms with Crippen molar-refractivity contribution in [2.24, 2.45) is 0 Å². The van der Waals surface area contributed by atoms with Crippen molar-refractivity contribution >= 4 is 62.7 Å². The molecule has 0 atom stereocenters. The summed E-state index contributed by atoms with van der Waals surface area (Å²) in [7, 11) is -14.0. The Morgan fingerprint density at radius 1 is 0.312 bits per heavy atom. The highest BCUT2D eigenvalue weighted by molar-refractivity contribution is 7.88. The number of hydrogen-bond donors (Lipinski definition) is 0. The van der Waals surface area contributed by atoms with Gasteiger partial charge in [0.2, 0.25) is 5.75 Å². The lowest BCUT2D eigenvalue weighted by Gasteiger charge is -2.17. The molecule has 0 N–H and O–H groups in total. The van der Waals surface area contributed by atoms with Gasteiger partial charge in [-0.15, -0.1) is 0 Å². The van der Waals surface area contributed by atoms with E-state index in [0.717, 1.165) is 12.1 Å². The van der Waals surface area contributed by atoms with Crippen molar-refractivity contribution in [3.05, 3.63) is 146 Å². The molecule has 48 heavy (non-hydrogen) atoms. The average molecular weight is 697 g/mol. The summed E-state index contributed by atoms with van der Waals surface area (Å²) in [6, 6.07) is 37.5. The molecule has 0 saturated heterocycles. The molecule has 0 spiro atoms. The van der Waals surface area contributed by atoms with E-state index < -0.39 is 47.6 Å². The van der Waals surface area contributed by atoms with Crippen molar-refractivity contribution in [2.75, 3.05) is 0 Å². The quantitative estimate of drug-likeness (QED) is 0.141. The summed E-state index contributed by atoms with van der Waals surface area (Å²) in [5.41, 5.74) is 0. The molecule has 12 heteroatoms. The highest BCUT2D eigenvalue weighted by atomic mass is 32.2. The number of benzene rings is 7. The van der Waals surface area contributed by atoms with Crippen molar-refractivity contribution in [1.29, 1.82) is 0 Å². The Labute approximate surface area is 276 Å².